The van der Waals surface area contributed by atoms with Gasteiger partial charge in [0.15, 0.2) is 0 Å². The third kappa shape index (κ3) is 6.73. The Balaban J connectivity index is 3.57. The maximum absolute atomic E-state index is 11.6. The summed E-state index contributed by atoms with van der Waals surface area (Å²) in [5, 5.41) is 2.31. The smallest absolute Gasteiger partial charge is 0.308 e. The van der Waals surface area contributed by atoms with Gasteiger partial charge in [0.2, 0.25) is 0 Å². The SMILES string of the molecule is CC(C)(CCl)CNCC(F)(F)F. The van der Waals surface area contributed by atoms with Crippen molar-refractivity contribution < 1.29 is 13.2 Å². The normalized spacial score (nSPS) is 13.5. The van der Waals surface area contributed by atoms with Gasteiger partial charge >= 0.3 is 6.18 Å². The maximum Gasteiger partial charge on any atom is 0.401 e. The molecule has 0 rings (SSSR count). The molecule has 0 aliphatic heterocycles. The molecule has 0 spiro atoms. The Kier molecular flexibility index (Phi) is 4.34. The number of nitrogens with one attached hydrogen (secondary N) is 1. The lowest BCUT2D eigenvalue weighted by Gasteiger charge is -2.22. The fraction of sp³-hybridized carbons (Fsp3) is 1.00. The van der Waals surface area contributed by atoms with Crippen LogP contribution in [0.4, 0.5) is 13.2 Å². The van der Waals surface area contributed by atoms with Gasteiger partial charge in [0.25, 0.3) is 0 Å². The van der Waals surface area contributed by atoms with Crippen LogP contribution in [0.5, 0.6) is 0 Å². The van der Waals surface area contributed by atoms with Crippen LogP contribution in [-0.4, -0.2) is 25.1 Å². The van der Waals surface area contributed by atoms with E-state index in [1.54, 1.807) is 0 Å². The third-order valence-electron chi connectivity index (χ3n) is 1.29. The van der Waals surface area contributed by atoms with E-state index in [1.807, 2.05) is 13.8 Å². The Labute approximate surface area is 75.3 Å². The summed E-state index contributed by atoms with van der Waals surface area (Å²) in [6, 6.07) is 0. The Morgan fingerprint density at radius 2 is 1.67 bits per heavy atom. The first kappa shape index (κ1) is 12.0. The van der Waals surface area contributed by atoms with E-state index in [2.05, 4.69) is 5.32 Å². The maximum atomic E-state index is 11.6. The minimum atomic E-state index is -4.14. The lowest BCUT2D eigenvalue weighted by atomic mass is 9.97. The van der Waals surface area contributed by atoms with Crippen LogP contribution in [0.2, 0.25) is 0 Å². The van der Waals surface area contributed by atoms with Gasteiger partial charge in [-0.25, -0.2) is 0 Å². The topological polar surface area (TPSA) is 12.0 Å². The quantitative estimate of drug-likeness (QED) is 0.692. The van der Waals surface area contributed by atoms with Crippen LogP contribution in [0.1, 0.15) is 13.8 Å². The molecule has 1 nitrogen and oxygen atoms in total. The molecule has 0 saturated carbocycles. The number of alkyl halides is 4. The average molecular weight is 204 g/mol. The summed E-state index contributed by atoms with van der Waals surface area (Å²) in [7, 11) is 0. The molecule has 0 heterocycles. The number of halogens is 4. The van der Waals surface area contributed by atoms with Gasteiger partial charge in [-0.2, -0.15) is 13.2 Å². The van der Waals surface area contributed by atoms with E-state index in [-0.39, 0.29) is 12.0 Å². The zero-order valence-electron chi connectivity index (χ0n) is 7.13. The molecular formula is C7H13ClF3N. The van der Waals surface area contributed by atoms with E-state index in [0.29, 0.717) is 5.88 Å². The highest BCUT2D eigenvalue weighted by Gasteiger charge is 2.27. The molecule has 5 heteroatoms. The van der Waals surface area contributed by atoms with E-state index in [4.69, 9.17) is 11.6 Å². The van der Waals surface area contributed by atoms with Crippen LogP contribution >= 0.6 is 11.6 Å². The monoisotopic (exact) mass is 203 g/mol. The number of hydrogen-bond donors (Lipinski definition) is 1. The highest BCUT2D eigenvalue weighted by molar-refractivity contribution is 6.18. The third-order valence-corrected chi connectivity index (χ3v) is 2.01. The number of hydrogen-bond acceptors (Lipinski definition) is 1. The fourth-order valence-corrected chi connectivity index (χ4v) is 0.684. The van der Waals surface area contributed by atoms with Crippen molar-refractivity contribution in [2.45, 2.75) is 20.0 Å². The van der Waals surface area contributed by atoms with Crippen LogP contribution in [0.15, 0.2) is 0 Å². The van der Waals surface area contributed by atoms with Crippen molar-refractivity contribution in [1.82, 2.24) is 5.32 Å². The Morgan fingerprint density at radius 1 is 1.17 bits per heavy atom. The zero-order valence-corrected chi connectivity index (χ0v) is 7.89. The van der Waals surface area contributed by atoms with Gasteiger partial charge in [-0.1, -0.05) is 13.8 Å². The minimum Gasteiger partial charge on any atom is -0.308 e. The molecule has 1 N–H and O–H groups in total. The lowest BCUT2D eigenvalue weighted by Crippen LogP contribution is -2.36. The summed E-state index contributed by atoms with van der Waals surface area (Å²) in [6.07, 6.45) is -4.14. The zero-order chi connectivity index (χ0) is 9.83. The van der Waals surface area contributed by atoms with Crippen molar-refractivity contribution in [1.29, 1.82) is 0 Å². The number of rotatable bonds is 4. The molecule has 74 valence electrons. The van der Waals surface area contributed by atoms with E-state index in [1.165, 1.54) is 0 Å². The Hall–Kier alpha value is 0.0400. The van der Waals surface area contributed by atoms with Crippen LogP contribution in [0, 0.1) is 5.41 Å². The molecule has 0 aromatic rings. The summed E-state index contributed by atoms with van der Waals surface area (Å²) in [5.41, 5.74) is -0.285. The molecule has 0 aromatic heterocycles. The molecule has 0 aliphatic rings. The van der Waals surface area contributed by atoms with E-state index < -0.39 is 12.7 Å². The van der Waals surface area contributed by atoms with Gasteiger partial charge in [-0.05, 0) is 5.41 Å². The second kappa shape index (κ2) is 4.33. The van der Waals surface area contributed by atoms with Crippen LogP contribution < -0.4 is 5.32 Å². The fourth-order valence-electron chi connectivity index (χ4n) is 0.590. The van der Waals surface area contributed by atoms with Crippen molar-refractivity contribution in [2.24, 2.45) is 5.41 Å². The van der Waals surface area contributed by atoms with Crippen molar-refractivity contribution in [2.75, 3.05) is 19.0 Å². The summed E-state index contributed by atoms with van der Waals surface area (Å²) in [6.45, 7) is 2.94. The van der Waals surface area contributed by atoms with Crippen molar-refractivity contribution in [3.8, 4) is 0 Å². The Bertz CT molecular complexity index is 133. The molecule has 0 aromatic carbocycles. The second-order valence-electron chi connectivity index (χ2n) is 3.52. The highest BCUT2D eigenvalue weighted by Crippen LogP contribution is 2.17. The van der Waals surface area contributed by atoms with Gasteiger partial charge in [0.1, 0.15) is 0 Å². The minimum absolute atomic E-state index is 0.274. The largest absolute Gasteiger partial charge is 0.401 e. The van der Waals surface area contributed by atoms with Crippen LogP contribution in [-0.2, 0) is 0 Å². The van der Waals surface area contributed by atoms with Crippen LogP contribution in [0.3, 0.4) is 0 Å². The van der Waals surface area contributed by atoms with Crippen molar-refractivity contribution in [3.63, 3.8) is 0 Å². The second-order valence-corrected chi connectivity index (χ2v) is 3.78. The standard InChI is InChI=1S/C7H13ClF3N/c1-6(2,3-8)4-12-5-7(9,10)11/h12H,3-5H2,1-2H3. The van der Waals surface area contributed by atoms with Crippen molar-refractivity contribution in [3.05, 3.63) is 0 Å². The molecule has 12 heavy (non-hydrogen) atoms. The Morgan fingerprint density at radius 3 is 2.00 bits per heavy atom. The summed E-state index contributed by atoms with van der Waals surface area (Å²) in [5.74, 6) is 0.345. The highest BCUT2D eigenvalue weighted by atomic mass is 35.5. The van der Waals surface area contributed by atoms with Gasteiger partial charge in [0, 0.05) is 12.4 Å². The first-order valence-electron chi connectivity index (χ1n) is 3.60. The van der Waals surface area contributed by atoms with Gasteiger partial charge < -0.3 is 5.32 Å². The molecule has 0 unspecified atom stereocenters. The first-order chi connectivity index (χ1) is 5.27. The lowest BCUT2D eigenvalue weighted by molar-refractivity contribution is -0.125. The average Bonchev–Trinajstić information content (AvgIpc) is 1.84. The van der Waals surface area contributed by atoms with E-state index >= 15 is 0 Å². The summed E-state index contributed by atoms with van der Waals surface area (Å²) < 4.78 is 34.9. The van der Waals surface area contributed by atoms with Gasteiger partial charge in [0.05, 0.1) is 6.54 Å². The molecular weight excluding hydrogens is 191 g/mol. The summed E-state index contributed by atoms with van der Waals surface area (Å²) in [4.78, 5) is 0. The van der Waals surface area contributed by atoms with Gasteiger partial charge in [-0.3, -0.25) is 0 Å². The van der Waals surface area contributed by atoms with Crippen LogP contribution in [0.25, 0.3) is 0 Å². The van der Waals surface area contributed by atoms with E-state index in [9.17, 15) is 13.2 Å². The van der Waals surface area contributed by atoms with Gasteiger partial charge in [-0.15, -0.1) is 11.6 Å². The molecule has 0 saturated heterocycles. The molecule has 0 atom stereocenters. The van der Waals surface area contributed by atoms with Crippen molar-refractivity contribution >= 4 is 11.6 Å². The molecule has 0 bridgehead atoms. The molecule has 0 amide bonds. The molecule has 0 radical (unpaired) electrons. The predicted octanol–water partition coefficient (Wildman–Crippen LogP) is 2.40. The molecule has 0 aliphatic carbocycles. The molecule has 0 fully saturated rings. The predicted molar refractivity (Wildman–Crippen MR) is 43.4 cm³/mol. The first-order valence-corrected chi connectivity index (χ1v) is 4.14. The van der Waals surface area contributed by atoms with E-state index in [0.717, 1.165) is 0 Å². The summed E-state index contributed by atoms with van der Waals surface area (Å²) >= 11 is 5.52.